The Hall–Kier alpha value is -2.36. The number of carboxylic acid groups (broad SMARTS) is 2. The molecule has 1 aromatic rings. The van der Waals surface area contributed by atoms with Crippen LogP contribution in [0.4, 0.5) is 0 Å². The minimum absolute atomic E-state index is 0.0377. The number of nitrogens with zero attached hydrogens (tertiary/aromatic N) is 4. The van der Waals surface area contributed by atoms with Crippen LogP contribution in [0.2, 0.25) is 0 Å². The van der Waals surface area contributed by atoms with E-state index in [1.54, 1.807) is 9.80 Å². The van der Waals surface area contributed by atoms with Crippen LogP contribution in [0.25, 0.3) is 0 Å². The third-order valence-corrected chi connectivity index (χ3v) is 4.26. The average Bonchev–Trinajstić information content (AvgIpc) is 2.55. The molecule has 0 spiro atoms. The van der Waals surface area contributed by atoms with Gasteiger partial charge in [-0.1, -0.05) is 6.07 Å². The Morgan fingerprint density at radius 3 is 1.78 bits per heavy atom. The van der Waals surface area contributed by atoms with E-state index in [1.165, 1.54) is 6.92 Å². The predicted octanol–water partition coefficient (Wildman–Crippen LogP) is -0.241. The fourth-order valence-electron chi connectivity index (χ4n) is 3.12. The molecule has 2 rings (SSSR count). The molecule has 2 bridgehead atoms. The first-order valence-electron chi connectivity index (χ1n) is 8.86. The summed E-state index contributed by atoms with van der Waals surface area (Å²) in [5.74, 6) is -1.83. The molecule has 9 heteroatoms. The van der Waals surface area contributed by atoms with Crippen LogP contribution >= 0.6 is 0 Å². The summed E-state index contributed by atoms with van der Waals surface area (Å²) in [6.07, 6.45) is 0. The first-order chi connectivity index (χ1) is 12.8. The lowest BCUT2D eigenvalue weighted by molar-refractivity contribution is -0.140. The first-order valence-corrected chi connectivity index (χ1v) is 8.86. The standard InChI is InChI=1S/C18H26N4O5/c1-14(23)9-21-7-5-20(12-17(24)25)6-8-22(13-18(26)27)11-16-4-2-3-15(10-21)19-16/h2-4H,5-13H2,1H3,(H,24,25)(H,26,27). The number of hydrogen-bond donors (Lipinski definition) is 2. The van der Waals surface area contributed by atoms with E-state index in [1.807, 2.05) is 23.1 Å². The smallest absolute Gasteiger partial charge is 0.317 e. The Morgan fingerprint density at radius 2 is 1.30 bits per heavy atom. The Kier molecular flexibility index (Phi) is 7.83. The molecule has 1 aliphatic heterocycles. The van der Waals surface area contributed by atoms with Crippen LogP contribution in [-0.2, 0) is 27.5 Å². The van der Waals surface area contributed by atoms with Gasteiger partial charge in [-0.25, -0.2) is 0 Å². The number of aliphatic carboxylic acids is 2. The molecular formula is C18H26N4O5. The number of fused-ring (bicyclic) bond motifs is 2. The molecule has 0 atom stereocenters. The first kappa shape index (κ1) is 20.9. The van der Waals surface area contributed by atoms with Crippen molar-refractivity contribution in [1.29, 1.82) is 0 Å². The molecule has 9 nitrogen and oxygen atoms in total. The number of carbonyl (C=O) groups excluding carboxylic acids is 1. The van der Waals surface area contributed by atoms with Gasteiger partial charge >= 0.3 is 11.9 Å². The molecule has 0 aromatic carbocycles. The number of rotatable bonds is 6. The highest BCUT2D eigenvalue weighted by molar-refractivity contribution is 5.77. The van der Waals surface area contributed by atoms with Gasteiger partial charge in [0, 0.05) is 39.3 Å². The number of hydrogen-bond acceptors (Lipinski definition) is 7. The van der Waals surface area contributed by atoms with E-state index in [0.29, 0.717) is 39.3 Å². The Balaban J connectivity index is 2.24. The molecule has 27 heavy (non-hydrogen) atoms. The molecule has 0 radical (unpaired) electrons. The zero-order chi connectivity index (χ0) is 19.8. The van der Waals surface area contributed by atoms with Crippen molar-refractivity contribution in [2.24, 2.45) is 0 Å². The SMILES string of the molecule is CC(=O)CN1CCN(CC(=O)O)CCN(CC(=O)O)Cc2cccc(n2)C1. The van der Waals surface area contributed by atoms with Crippen LogP contribution in [0.15, 0.2) is 18.2 Å². The van der Waals surface area contributed by atoms with Crippen molar-refractivity contribution < 1.29 is 24.6 Å². The van der Waals surface area contributed by atoms with Crippen LogP contribution < -0.4 is 0 Å². The van der Waals surface area contributed by atoms with Crippen LogP contribution in [0.3, 0.4) is 0 Å². The summed E-state index contributed by atoms with van der Waals surface area (Å²) in [5.41, 5.74) is 1.55. The molecule has 0 saturated carbocycles. The van der Waals surface area contributed by atoms with E-state index < -0.39 is 11.9 Å². The monoisotopic (exact) mass is 378 g/mol. The average molecular weight is 378 g/mol. The van der Waals surface area contributed by atoms with Gasteiger partial charge in [0.1, 0.15) is 5.78 Å². The second kappa shape index (κ2) is 10.1. The van der Waals surface area contributed by atoms with E-state index in [-0.39, 0.29) is 25.4 Å². The highest BCUT2D eigenvalue weighted by Crippen LogP contribution is 2.09. The highest BCUT2D eigenvalue weighted by Gasteiger charge is 2.19. The Bertz CT molecular complexity index is 636. The van der Waals surface area contributed by atoms with E-state index >= 15 is 0 Å². The largest absolute Gasteiger partial charge is 0.480 e. The third kappa shape index (κ3) is 7.81. The maximum Gasteiger partial charge on any atom is 0.317 e. The maximum absolute atomic E-state index is 11.6. The summed E-state index contributed by atoms with van der Waals surface area (Å²) in [7, 11) is 0. The van der Waals surface area contributed by atoms with E-state index in [0.717, 1.165) is 11.4 Å². The highest BCUT2D eigenvalue weighted by atomic mass is 16.4. The molecule has 0 amide bonds. The second-order valence-corrected chi connectivity index (χ2v) is 6.81. The van der Waals surface area contributed by atoms with Gasteiger partial charge in [-0.3, -0.25) is 34.1 Å². The Labute approximate surface area is 158 Å². The molecule has 2 N–H and O–H groups in total. The molecule has 0 saturated heterocycles. The molecule has 0 unspecified atom stereocenters. The minimum atomic E-state index is -0.935. The third-order valence-electron chi connectivity index (χ3n) is 4.26. The fraction of sp³-hybridized carbons (Fsp3) is 0.556. The lowest BCUT2D eigenvalue weighted by Crippen LogP contribution is -2.44. The van der Waals surface area contributed by atoms with Crippen molar-refractivity contribution in [3.8, 4) is 0 Å². The fourth-order valence-corrected chi connectivity index (χ4v) is 3.12. The van der Waals surface area contributed by atoms with Gasteiger partial charge in [0.2, 0.25) is 0 Å². The number of pyridine rings is 1. The van der Waals surface area contributed by atoms with Gasteiger partial charge in [-0.15, -0.1) is 0 Å². The molecule has 2 heterocycles. The topological polar surface area (TPSA) is 114 Å². The van der Waals surface area contributed by atoms with Crippen molar-refractivity contribution in [3.05, 3.63) is 29.6 Å². The number of Topliss-reactive ketones (excluding diaryl/α,β-unsaturated/α-hetero) is 1. The normalized spacial score (nSPS) is 17.7. The van der Waals surface area contributed by atoms with Gasteiger partial charge in [-0.2, -0.15) is 0 Å². The summed E-state index contributed by atoms with van der Waals surface area (Å²) in [5, 5.41) is 18.3. The van der Waals surface area contributed by atoms with Crippen molar-refractivity contribution in [2.45, 2.75) is 20.0 Å². The van der Waals surface area contributed by atoms with Gasteiger partial charge in [0.25, 0.3) is 0 Å². The number of carboxylic acids is 2. The number of aromatic nitrogens is 1. The summed E-state index contributed by atoms with van der Waals surface area (Å²) in [4.78, 5) is 44.0. The molecule has 0 fully saturated rings. The molecular weight excluding hydrogens is 352 g/mol. The summed E-state index contributed by atoms with van der Waals surface area (Å²) in [6, 6.07) is 5.60. The predicted molar refractivity (Wildman–Crippen MR) is 97.2 cm³/mol. The second-order valence-electron chi connectivity index (χ2n) is 6.81. The summed E-state index contributed by atoms with van der Waals surface area (Å²) >= 11 is 0. The molecule has 0 aliphatic carbocycles. The van der Waals surface area contributed by atoms with Crippen molar-refractivity contribution in [1.82, 2.24) is 19.7 Å². The quantitative estimate of drug-likeness (QED) is 0.692. The van der Waals surface area contributed by atoms with Crippen LogP contribution in [0, 0.1) is 0 Å². The lowest BCUT2D eigenvalue weighted by Gasteiger charge is -2.29. The summed E-state index contributed by atoms with van der Waals surface area (Å²) < 4.78 is 0. The Morgan fingerprint density at radius 1 is 0.852 bits per heavy atom. The van der Waals surface area contributed by atoms with Gasteiger partial charge in [0.15, 0.2) is 0 Å². The van der Waals surface area contributed by atoms with E-state index in [9.17, 15) is 14.4 Å². The lowest BCUT2D eigenvalue weighted by atomic mass is 10.2. The zero-order valence-electron chi connectivity index (χ0n) is 15.5. The van der Waals surface area contributed by atoms with E-state index in [2.05, 4.69) is 4.98 Å². The van der Waals surface area contributed by atoms with Gasteiger partial charge < -0.3 is 10.2 Å². The van der Waals surface area contributed by atoms with Crippen molar-refractivity contribution in [2.75, 3.05) is 45.8 Å². The van der Waals surface area contributed by atoms with Crippen LogP contribution in [-0.4, -0.2) is 93.4 Å². The molecule has 1 aromatic heterocycles. The van der Waals surface area contributed by atoms with Gasteiger partial charge in [0.05, 0.1) is 31.0 Å². The maximum atomic E-state index is 11.6. The molecule has 148 valence electrons. The molecule has 1 aliphatic rings. The zero-order valence-corrected chi connectivity index (χ0v) is 15.5. The van der Waals surface area contributed by atoms with Crippen LogP contribution in [0.1, 0.15) is 18.3 Å². The summed E-state index contributed by atoms with van der Waals surface area (Å²) in [6.45, 7) is 4.22. The minimum Gasteiger partial charge on any atom is -0.480 e. The van der Waals surface area contributed by atoms with Gasteiger partial charge in [-0.05, 0) is 19.1 Å². The number of carbonyl (C=O) groups is 3. The van der Waals surface area contributed by atoms with Crippen molar-refractivity contribution in [3.63, 3.8) is 0 Å². The van der Waals surface area contributed by atoms with Crippen LogP contribution in [0.5, 0.6) is 0 Å². The number of ketones is 1. The van der Waals surface area contributed by atoms with Crippen molar-refractivity contribution >= 4 is 17.7 Å². The van der Waals surface area contributed by atoms with E-state index in [4.69, 9.17) is 10.2 Å².